The van der Waals surface area contributed by atoms with Crippen molar-refractivity contribution < 1.29 is 4.79 Å². The Balaban J connectivity index is 3.70. The van der Waals surface area contributed by atoms with Gasteiger partial charge in [0.1, 0.15) is 0 Å². The first-order chi connectivity index (χ1) is 8.02. The molecule has 0 aliphatic rings. The van der Waals surface area contributed by atoms with Crippen LogP contribution >= 0.6 is 0 Å². The number of carbonyl (C=O) groups excluding carboxylic acids is 1. The number of likely N-dealkylation sites (N-methyl/N-ethyl adjacent to an activating group) is 1. The van der Waals surface area contributed by atoms with E-state index in [4.69, 9.17) is 0 Å². The minimum atomic E-state index is -0.0609. The first-order valence-corrected chi connectivity index (χ1v) is 6.69. The molecule has 0 aromatic rings. The molecular formula is C13H29N3O. The molecule has 0 saturated heterocycles. The summed E-state index contributed by atoms with van der Waals surface area (Å²) >= 11 is 0. The molecule has 1 amide bonds. The van der Waals surface area contributed by atoms with Crippen LogP contribution in [-0.4, -0.2) is 62.0 Å². The summed E-state index contributed by atoms with van der Waals surface area (Å²) in [6, 6.07) is -0.0609. The van der Waals surface area contributed by atoms with Crippen LogP contribution in [0.3, 0.4) is 0 Å². The fraction of sp³-hybridized carbons (Fsp3) is 0.923. The first kappa shape index (κ1) is 16.4. The number of nitrogens with zero attached hydrogens (tertiary/aromatic N) is 2. The van der Waals surface area contributed by atoms with E-state index < -0.39 is 0 Å². The Bertz CT molecular complexity index is 203. The average Bonchev–Trinajstić information content (AvgIpc) is 2.29. The molecule has 0 rings (SSSR count). The van der Waals surface area contributed by atoms with E-state index in [0.717, 1.165) is 32.6 Å². The molecule has 0 aromatic carbocycles. The zero-order valence-corrected chi connectivity index (χ0v) is 12.1. The third-order valence-corrected chi connectivity index (χ3v) is 2.93. The molecular weight excluding hydrogens is 214 g/mol. The van der Waals surface area contributed by atoms with Crippen molar-refractivity contribution >= 4 is 5.91 Å². The highest BCUT2D eigenvalue weighted by molar-refractivity contribution is 5.81. The Labute approximate surface area is 106 Å². The Morgan fingerprint density at radius 3 is 2.24 bits per heavy atom. The van der Waals surface area contributed by atoms with Crippen LogP contribution in [0.5, 0.6) is 0 Å². The minimum Gasteiger partial charge on any atom is -0.342 e. The summed E-state index contributed by atoms with van der Waals surface area (Å²) < 4.78 is 0. The zero-order chi connectivity index (χ0) is 13.3. The molecule has 0 saturated carbocycles. The third kappa shape index (κ3) is 7.34. The van der Waals surface area contributed by atoms with Gasteiger partial charge in [-0.05, 0) is 60.8 Å². The maximum Gasteiger partial charge on any atom is 0.239 e. The van der Waals surface area contributed by atoms with E-state index in [-0.39, 0.29) is 11.9 Å². The fourth-order valence-electron chi connectivity index (χ4n) is 1.77. The molecule has 0 aliphatic heterocycles. The lowest BCUT2D eigenvalue weighted by atomic mass is 10.2. The largest absolute Gasteiger partial charge is 0.342 e. The van der Waals surface area contributed by atoms with Crippen molar-refractivity contribution in [2.75, 3.05) is 40.3 Å². The van der Waals surface area contributed by atoms with Crippen molar-refractivity contribution in [2.24, 2.45) is 0 Å². The van der Waals surface area contributed by atoms with Crippen molar-refractivity contribution in [1.29, 1.82) is 0 Å². The molecule has 1 atom stereocenters. The van der Waals surface area contributed by atoms with Crippen LogP contribution in [0.4, 0.5) is 0 Å². The van der Waals surface area contributed by atoms with Crippen molar-refractivity contribution in [3.05, 3.63) is 0 Å². The molecule has 0 fully saturated rings. The van der Waals surface area contributed by atoms with Gasteiger partial charge in [0.15, 0.2) is 0 Å². The summed E-state index contributed by atoms with van der Waals surface area (Å²) in [4.78, 5) is 16.0. The van der Waals surface area contributed by atoms with Crippen LogP contribution in [0, 0.1) is 0 Å². The van der Waals surface area contributed by atoms with E-state index in [1.165, 1.54) is 6.42 Å². The Kier molecular flexibility index (Phi) is 9.09. The van der Waals surface area contributed by atoms with Gasteiger partial charge in [-0.25, -0.2) is 0 Å². The molecule has 17 heavy (non-hydrogen) atoms. The number of amides is 1. The second-order valence-electron chi connectivity index (χ2n) is 4.70. The van der Waals surface area contributed by atoms with Crippen LogP contribution in [0.2, 0.25) is 0 Å². The number of rotatable bonds is 9. The second-order valence-corrected chi connectivity index (χ2v) is 4.70. The highest BCUT2D eigenvalue weighted by Crippen LogP contribution is 1.96. The van der Waals surface area contributed by atoms with Gasteiger partial charge in [-0.2, -0.15) is 0 Å². The minimum absolute atomic E-state index is 0.0609. The lowest BCUT2D eigenvalue weighted by molar-refractivity contribution is -0.132. The standard InChI is InChI=1S/C13H29N3O/c1-6-16(7-2)13(17)12(3)14-10-8-9-11-15(4)5/h12,14H,6-11H2,1-5H3. The molecule has 0 radical (unpaired) electrons. The highest BCUT2D eigenvalue weighted by Gasteiger charge is 2.16. The quantitative estimate of drug-likeness (QED) is 0.618. The SMILES string of the molecule is CCN(CC)C(=O)C(C)NCCCCN(C)C. The van der Waals surface area contributed by atoms with Crippen LogP contribution in [0.15, 0.2) is 0 Å². The van der Waals surface area contributed by atoms with E-state index in [1.807, 2.05) is 25.7 Å². The van der Waals surface area contributed by atoms with Gasteiger partial charge < -0.3 is 15.1 Å². The first-order valence-electron chi connectivity index (χ1n) is 6.69. The van der Waals surface area contributed by atoms with Crippen molar-refractivity contribution in [2.45, 2.75) is 39.7 Å². The van der Waals surface area contributed by atoms with Crippen molar-refractivity contribution in [3.8, 4) is 0 Å². The highest BCUT2D eigenvalue weighted by atomic mass is 16.2. The van der Waals surface area contributed by atoms with Gasteiger partial charge >= 0.3 is 0 Å². The van der Waals surface area contributed by atoms with Gasteiger partial charge in [0.25, 0.3) is 0 Å². The van der Waals surface area contributed by atoms with Gasteiger partial charge in [0.05, 0.1) is 6.04 Å². The van der Waals surface area contributed by atoms with Crippen LogP contribution in [-0.2, 0) is 4.79 Å². The van der Waals surface area contributed by atoms with Crippen LogP contribution in [0.1, 0.15) is 33.6 Å². The molecule has 0 aromatic heterocycles. The van der Waals surface area contributed by atoms with Crippen LogP contribution < -0.4 is 5.32 Å². The predicted octanol–water partition coefficient (Wildman–Crippen LogP) is 1.17. The smallest absolute Gasteiger partial charge is 0.239 e. The summed E-state index contributed by atoms with van der Waals surface area (Å²) in [6.07, 6.45) is 2.29. The van der Waals surface area contributed by atoms with Crippen molar-refractivity contribution in [3.63, 3.8) is 0 Å². The van der Waals surface area contributed by atoms with Crippen molar-refractivity contribution in [1.82, 2.24) is 15.1 Å². The Morgan fingerprint density at radius 2 is 1.76 bits per heavy atom. The summed E-state index contributed by atoms with van der Waals surface area (Å²) in [5.74, 6) is 0.211. The molecule has 4 nitrogen and oxygen atoms in total. The topological polar surface area (TPSA) is 35.6 Å². The van der Waals surface area contributed by atoms with E-state index in [9.17, 15) is 4.79 Å². The number of carbonyl (C=O) groups is 1. The van der Waals surface area contributed by atoms with E-state index >= 15 is 0 Å². The van der Waals surface area contributed by atoms with E-state index in [2.05, 4.69) is 24.3 Å². The maximum atomic E-state index is 11.9. The molecule has 4 heteroatoms. The number of hydrogen-bond acceptors (Lipinski definition) is 3. The number of hydrogen-bond donors (Lipinski definition) is 1. The summed E-state index contributed by atoms with van der Waals surface area (Å²) in [6.45, 7) is 9.61. The monoisotopic (exact) mass is 243 g/mol. The summed E-state index contributed by atoms with van der Waals surface area (Å²) in [5, 5.41) is 3.30. The lowest BCUT2D eigenvalue weighted by Gasteiger charge is -2.23. The molecule has 1 unspecified atom stereocenters. The third-order valence-electron chi connectivity index (χ3n) is 2.93. The van der Waals surface area contributed by atoms with E-state index in [0.29, 0.717) is 0 Å². The zero-order valence-electron chi connectivity index (χ0n) is 12.1. The fourth-order valence-corrected chi connectivity index (χ4v) is 1.77. The number of unbranched alkanes of at least 4 members (excludes halogenated alkanes) is 1. The number of nitrogens with one attached hydrogen (secondary N) is 1. The summed E-state index contributed by atoms with van der Waals surface area (Å²) in [7, 11) is 4.17. The molecule has 1 N–H and O–H groups in total. The predicted molar refractivity (Wildman–Crippen MR) is 73.2 cm³/mol. The van der Waals surface area contributed by atoms with Gasteiger partial charge in [-0.1, -0.05) is 0 Å². The Hall–Kier alpha value is -0.610. The van der Waals surface area contributed by atoms with Gasteiger partial charge in [0.2, 0.25) is 5.91 Å². The summed E-state index contributed by atoms with van der Waals surface area (Å²) in [5.41, 5.74) is 0. The molecule has 0 heterocycles. The molecule has 102 valence electrons. The van der Waals surface area contributed by atoms with E-state index in [1.54, 1.807) is 0 Å². The Morgan fingerprint density at radius 1 is 1.18 bits per heavy atom. The average molecular weight is 243 g/mol. The second kappa shape index (κ2) is 9.42. The van der Waals surface area contributed by atoms with Gasteiger partial charge in [-0.3, -0.25) is 4.79 Å². The van der Waals surface area contributed by atoms with Crippen LogP contribution in [0.25, 0.3) is 0 Å². The maximum absolute atomic E-state index is 11.9. The molecule has 0 bridgehead atoms. The van der Waals surface area contributed by atoms with Gasteiger partial charge in [0, 0.05) is 13.1 Å². The van der Waals surface area contributed by atoms with Gasteiger partial charge in [-0.15, -0.1) is 0 Å². The lowest BCUT2D eigenvalue weighted by Crippen LogP contribution is -2.45. The molecule has 0 aliphatic carbocycles. The molecule has 0 spiro atoms. The normalized spacial score (nSPS) is 12.8.